The highest BCUT2D eigenvalue weighted by atomic mass is 19.4. The van der Waals surface area contributed by atoms with Gasteiger partial charge in [-0.1, -0.05) is 6.07 Å². The number of hydrogen-bond donors (Lipinski definition) is 4. The largest absolute Gasteiger partial charge is 0.466 e. The molecule has 9 nitrogen and oxygen atoms in total. The van der Waals surface area contributed by atoms with Crippen LogP contribution in [0.25, 0.3) is 0 Å². The molecule has 0 radical (unpaired) electrons. The van der Waals surface area contributed by atoms with E-state index in [4.69, 9.17) is 16.2 Å². The second kappa shape index (κ2) is 12.3. The standard InChI is InChI=1S/C23H23F6N5O4/c1-2-38-19(36)10-17(13-6-14(22(24,25)26)9-15(7-13)23(27,28)29)34-18(35)11-32-20(37)12-4-3-5-16(8-12)33-21(30)31/h3-9,17H,2,10-11H2,1H3,(H,32,37)(H,34,35)(H4,30,31,33). The number of nitrogens with two attached hydrogens (primary N) is 2. The topological polar surface area (TPSA) is 149 Å². The molecule has 0 saturated carbocycles. The lowest BCUT2D eigenvalue weighted by Crippen LogP contribution is -2.39. The van der Waals surface area contributed by atoms with E-state index in [1.54, 1.807) is 0 Å². The molecular formula is C23H23F6N5O4. The van der Waals surface area contributed by atoms with Gasteiger partial charge in [0, 0.05) is 5.56 Å². The highest BCUT2D eigenvalue weighted by Gasteiger charge is 2.38. The Morgan fingerprint density at radius 1 is 0.974 bits per heavy atom. The Bertz CT molecular complexity index is 1180. The molecule has 0 aliphatic heterocycles. The van der Waals surface area contributed by atoms with Gasteiger partial charge < -0.3 is 26.8 Å². The predicted octanol–water partition coefficient (Wildman–Crippen LogP) is 3.17. The molecule has 206 valence electrons. The molecule has 15 heteroatoms. The molecule has 0 spiro atoms. The number of aliphatic imine (C=N–C) groups is 1. The van der Waals surface area contributed by atoms with Crippen LogP contribution in [0.3, 0.4) is 0 Å². The zero-order valence-electron chi connectivity index (χ0n) is 19.7. The molecule has 0 heterocycles. The fraction of sp³-hybridized carbons (Fsp3) is 0.304. The van der Waals surface area contributed by atoms with Crippen LogP contribution < -0.4 is 22.1 Å². The van der Waals surface area contributed by atoms with Crippen LogP contribution in [-0.2, 0) is 26.7 Å². The van der Waals surface area contributed by atoms with Gasteiger partial charge >= 0.3 is 18.3 Å². The molecule has 2 rings (SSSR count). The zero-order valence-corrected chi connectivity index (χ0v) is 19.7. The Morgan fingerprint density at radius 2 is 1.58 bits per heavy atom. The van der Waals surface area contributed by atoms with Gasteiger partial charge in [0.15, 0.2) is 5.96 Å². The number of carbonyl (C=O) groups excluding carboxylic acids is 3. The van der Waals surface area contributed by atoms with Gasteiger partial charge in [0.1, 0.15) is 0 Å². The molecule has 2 amide bonds. The van der Waals surface area contributed by atoms with Crippen molar-refractivity contribution in [1.82, 2.24) is 10.6 Å². The van der Waals surface area contributed by atoms with E-state index in [1.165, 1.54) is 31.2 Å². The Labute approximate surface area is 212 Å². The number of rotatable bonds is 9. The Balaban J connectivity index is 2.28. The van der Waals surface area contributed by atoms with Crippen LogP contribution in [-0.4, -0.2) is 36.9 Å². The minimum Gasteiger partial charge on any atom is -0.466 e. The van der Waals surface area contributed by atoms with Crippen molar-refractivity contribution < 1.29 is 45.5 Å². The smallest absolute Gasteiger partial charge is 0.416 e. The van der Waals surface area contributed by atoms with Crippen LogP contribution in [0.2, 0.25) is 0 Å². The summed E-state index contributed by atoms with van der Waals surface area (Å²) in [6.07, 6.45) is -11.1. The van der Waals surface area contributed by atoms with Crippen molar-refractivity contribution >= 4 is 29.4 Å². The van der Waals surface area contributed by atoms with Crippen molar-refractivity contribution in [3.8, 4) is 0 Å². The first-order chi connectivity index (χ1) is 17.6. The molecule has 0 aromatic heterocycles. The second-order valence-electron chi connectivity index (χ2n) is 7.74. The molecule has 1 unspecified atom stereocenters. The number of halogens is 6. The van der Waals surface area contributed by atoms with Crippen molar-refractivity contribution in [3.63, 3.8) is 0 Å². The molecule has 6 N–H and O–H groups in total. The summed E-state index contributed by atoms with van der Waals surface area (Å²) in [5, 5.41) is 4.43. The summed E-state index contributed by atoms with van der Waals surface area (Å²) in [5.74, 6) is -3.01. The number of ether oxygens (including phenoxy) is 1. The summed E-state index contributed by atoms with van der Waals surface area (Å²) < 4.78 is 84.5. The number of amides is 2. The first-order valence-corrected chi connectivity index (χ1v) is 10.8. The second-order valence-corrected chi connectivity index (χ2v) is 7.74. The summed E-state index contributed by atoms with van der Waals surface area (Å²) in [7, 11) is 0. The van der Waals surface area contributed by atoms with E-state index >= 15 is 0 Å². The lowest BCUT2D eigenvalue weighted by atomic mass is 9.97. The number of hydrogen-bond acceptors (Lipinski definition) is 5. The van der Waals surface area contributed by atoms with Gasteiger partial charge in [-0.2, -0.15) is 26.3 Å². The van der Waals surface area contributed by atoms with Crippen molar-refractivity contribution in [2.75, 3.05) is 13.2 Å². The van der Waals surface area contributed by atoms with Gasteiger partial charge in [-0.3, -0.25) is 14.4 Å². The number of guanidine groups is 1. The van der Waals surface area contributed by atoms with Gasteiger partial charge in [-0.25, -0.2) is 4.99 Å². The number of nitrogens with one attached hydrogen (secondary N) is 2. The SMILES string of the molecule is CCOC(=O)CC(NC(=O)CNC(=O)c1cccc(N=C(N)N)c1)c1cc(C(F)(F)F)cc(C(F)(F)F)c1. The number of nitrogens with zero attached hydrogens (tertiary/aromatic N) is 1. The number of alkyl halides is 6. The first kappa shape index (κ1) is 29.9. The molecule has 0 fully saturated rings. The fourth-order valence-electron chi connectivity index (χ4n) is 3.19. The summed E-state index contributed by atoms with van der Waals surface area (Å²) in [6, 6.07) is 4.71. The summed E-state index contributed by atoms with van der Waals surface area (Å²) >= 11 is 0. The molecule has 38 heavy (non-hydrogen) atoms. The lowest BCUT2D eigenvalue weighted by Gasteiger charge is -2.22. The number of esters is 1. The normalized spacial score (nSPS) is 12.3. The maximum Gasteiger partial charge on any atom is 0.416 e. The minimum absolute atomic E-state index is 0.0519. The van der Waals surface area contributed by atoms with Crippen LogP contribution in [0.1, 0.15) is 46.4 Å². The van der Waals surface area contributed by atoms with Gasteiger partial charge in [-0.15, -0.1) is 0 Å². The molecule has 0 aliphatic rings. The summed E-state index contributed by atoms with van der Waals surface area (Å²) in [5.41, 5.74) is 6.96. The quantitative estimate of drug-likeness (QED) is 0.164. The third kappa shape index (κ3) is 8.97. The average Bonchev–Trinajstić information content (AvgIpc) is 2.80. The minimum atomic E-state index is -5.14. The van der Waals surface area contributed by atoms with Gasteiger partial charge in [0.25, 0.3) is 5.91 Å². The van der Waals surface area contributed by atoms with Crippen LogP contribution >= 0.6 is 0 Å². The van der Waals surface area contributed by atoms with E-state index in [0.717, 1.165) is 0 Å². The fourth-order valence-corrected chi connectivity index (χ4v) is 3.19. The van der Waals surface area contributed by atoms with E-state index in [2.05, 4.69) is 15.6 Å². The van der Waals surface area contributed by atoms with E-state index in [-0.39, 0.29) is 29.9 Å². The van der Waals surface area contributed by atoms with Crippen molar-refractivity contribution in [3.05, 3.63) is 64.7 Å². The van der Waals surface area contributed by atoms with E-state index < -0.39 is 65.8 Å². The summed E-state index contributed by atoms with van der Waals surface area (Å²) in [6.45, 7) is 0.593. The Hall–Kier alpha value is -4.30. The molecule has 0 bridgehead atoms. The average molecular weight is 547 g/mol. The number of benzene rings is 2. The highest BCUT2D eigenvalue weighted by molar-refractivity contribution is 5.97. The lowest BCUT2D eigenvalue weighted by molar-refractivity contribution is -0.144. The molecule has 1 atom stereocenters. The van der Waals surface area contributed by atoms with Crippen molar-refractivity contribution in [2.45, 2.75) is 31.7 Å². The van der Waals surface area contributed by atoms with Crippen molar-refractivity contribution in [2.24, 2.45) is 16.5 Å². The maximum absolute atomic E-state index is 13.3. The van der Waals surface area contributed by atoms with Gasteiger partial charge in [-0.05, 0) is 48.9 Å². The van der Waals surface area contributed by atoms with Crippen molar-refractivity contribution in [1.29, 1.82) is 0 Å². The molecule has 0 saturated heterocycles. The number of carbonyl (C=O) groups is 3. The van der Waals surface area contributed by atoms with E-state index in [1.807, 2.05) is 0 Å². The predicted molar refractivity (Wildman–Crippen MR) is 123 cm³/mol. The first-order valence-electron chi connectivity index (χ1n) is 10.8. The Morgan fingerprint density at radius 3 is 2.11 bits per heavy atom. The van der Waals surface area contributed by atoms with E-state index in [0.29, 0.717) is 12.1 Å². The van der Waals surface area contributed by atoms with Crippen LogP contribution in [0.15, 0.2) is 47.5 Å². The van der Waals surface area contributed by atoms with Gasteiger partial charge in [0.2, 0.25) is 5.91 Å². The third-order valence-corrected chi connectivity index (χ3v) is 4.80. The monoisotopic (exact) mass is 547 g/mol. The molecule has 0 aliphatic carbocycles. The summed E-state index contributed by atoms with van der Waals surface area (Å²) in [4.78, 5) is 40.7. The molecule has 2 aromatic carbocycles. The Kier molecular flexibility index (Phi) is 9.68. The molecular weight excluding hydrogens is 524 g/mol. The van der Waals surface area contributed by atoms with Gasteiger partial charge in [0.05, 0.1) is 42.4 Å². The maximum atomic E-state index is 13.3. The van der Waals surface area contributed by atoms with Crippen LogP contribution in [0.5, 0.6) is 0 Å². The zero-order chi connectivity index (χ0) is 28.7. The molecule has 2 aromatic rings. The van der Waals surface area contributed by atoms with Crippen LogP contribution in [0, 0.1) is 0 Å². The van der Waals surface area contributed by atoms with E-state index in [9.17, 15) is 40.7 Å². The third-order valence-electron chi connectivity index (χ3n) is 4.80. The van der Waals surface area contributed by atoms with Crippen LogP contribution in [0.4, 0.5) is 32.0 Å². The highest BCUT2D eigenvalue weighted by Crippen LogP contribution is 2.38.